The first-order chi connectivity index (χ1) is 14.6. The molecule has 7 nitrogen and oxygen atoms in total. The highest BCUT2D eigenvalue weighted by Gasteiger charge is 2.24. The maximum atomic E-state index is 12.8. The minimum Gasteiger partial charge on any atom is -0.493 e. The quantitative estimate of drug-likeness (QED) is 0.598. The van der Waals surface area contributed by atoms with Gasteiger partial charge in [-0.15, -0.1) is 0 Å². The second kappa shape index (κ2) is 9.13. The molecule has 1 unspecified atom stereocenters. The van der Waals surface area contributed by atoms with E-state index >= 15 is 0 Å². The van der Waals surface area contributed by atoms with Crippen LogP contribution in [0.15, 0.2) is 69.9 Å². The lowest BCUT2D eigenvalue weighted by Crippen LogP contribution is -2.34. The van der Waals surface area contributed by atoms with Gasteiger partial charge in [0, 0.05) is 22.5 Å². The van der Waals surface area contributed by atoms with Gasteiger partial charge in [-0.25, -0.2) is 4.68 Å². The van der Waals surface area contributed by atoms with E-state index in [0.717, 1.165) is 15.8 Å². The van der Waals surface area contributed by atoms with E-state index in [9.17, 15) is 9.59 Å². The van der Waals surface area contributed by atoms with Crippen LogP contribution in [0.2, 0.25) is 0 Å². The first-order valence-corrected chi connectivity index (χ1v) is 10.4. The van der Waals surface area contributed by atoms with Crippen molar-refractivity contribution in [1.82, 2.24) is 15.1 Å². The van der Waals surface area contributed by atoms with Gasteiger partial charge in [0.15, 0.2) is 0 Å². The number of fused-ring (bicyclic) bond motifs is 1. The van der Waals surface area contributed by atoms with Crippen LogP contribution in [-0.4, -0.2) is 28.9 Å². The summed E-state index contributed by atoms with van der Waals surface area (Å²) in [6, 6.07) is 17.6. The first kappa shape index (κ1) is 20.2. The number of carbonyl (C=O) groups is 1. The second-order valence-electron chi connectivity index (χ2n) is 6.79. The highest BCUT2D eigenvalue weighted by atomic mass is 79.9. The van der Waals surface area contributed by atoms with Gasteiger partial charge in [-0.05, 0) is 36.4 Å². The van der Waals surface area contributed by atoms with Gasteiger partial charge >= 0.3 is 0 Å². The zero-order valence-corrected chi connectivity index (χ0v) is 17.7. The number of amides is 1. The van der Waals surface area contributed by atoms with Gasteiger partial charge in [-0.1, -0.05) is 34.1 Å². The predicted octanol–water partition coefficient (Wildman–Crippen LogP) is 3.34. The number of hydrogen-bond donors (Lipinski definition) is 1. The molecular formula is C22H20BrN3O4. The fourth-order valence-corrected chi connectivity index (χ4v) is 3.62. The minimum atomic E-state index is -0.342. The van der Waals surface area contributed by atoms with Gasteiger partial charge in [0.1, 0.15) is 23.8 Å². The fraction of sp³-hybridized carbons (Fsp3) is 0.227. The normalized spacial score (nSPS) is 15.0. The van der Waals surface area contributed by atoms with Crippen molar-refractivity contribution in [2.75, 3.05) is 13.2 Å². The van der Waals surface area contributed by atoms with E-state index in [1.807, 2.05) is 48.5 Å². The zero-order chi connectivity index (χ0) is 20.9. The molecule has 0 bridgehead atoms. The third kappa shape index (κ3) is 4.71. The molecule has 0 fully saturated rings. The topological polar surface area (TPSA) is 82.5 Å². The van der Waals surface area contributed by atoms with Crippen LogP contribution < -0.4 is 20.3 Å². The van der Waals surface area contributed by atoms with E-state index < -0.39 is 0 Å². The number of rotatable bonds is 6. The third-order valence-corrected chi connectivity index (χ3v) is 5.22. The van der Waals surface area contributed by atoms with Crippen molar-refractivity contribution in [2.24, 2.45) is 0 Å². The number of halogens is 1. The Morgan fingerprint density at radius 3 is 2.87 bits per heavy atom. The summed E-state index contributed by atoms with van der Waals surface area (Å²) >= 11 is 3.46. The summed E-state index contributed by atoms with van der Waals surface area (Å²) in [4.78, 5) is 24.9. The Balaban J connectivity index is 1.44. The van der Waals surface area contributed by atoms with E-state index in [2.05, 4.69) is 26.3 Å². The van der Waals surface area contributed by atoms with Crippen molar-refractivity contribution in [3.8, 4) is 11.5 Å². The molecule has 0 saturated carbocycles. The second-order valence-corrected chi connectivity index (χ2v) is 7.70. The number of hydrogen-bond acceptors (Lipinski definition) is 5. The lowest BCUT2D eigenvalue weighted by molar-refractivity contribution is 0.0916. The average molecular weight is 470 g/mol. The monoisotopic (exact) mass is 469 g/mol. The predicted molar refractivity (Wildman–Crippen MR) is 115 cm³/mol. The first-order valence-electron chi connectivity index (χ1n) is 9.59. The molecule has 1 atom stereocenters. The summed E-state index contributed by atoms with van der Waals surface area (Å²) in [6.45, 7) is 1.02. The summed E-state index contributed by atoms with van der Waals surface area (Å²) in [7, 11) is 0. The molecule has 1 aliphatic heterocycles. The molecule has 0 aliphatic carbocycles. The Kier molecular flexibility index (Phi) is 6.13. The number of para-hydroxylation sites is 1. The molecule has 0 radical (unpaired) electrons. The maximum absolute atomic E-state index is 12.8. The largest absolute Gasteiger partial charge is 0.493 e. The van der Waals surface area contributed by atoms with Crippen LogP contribution in [0.4, 0.5) is 0 Å². The van der Waals surface area contributed by atoms with Gasteiger partial charge in [0.25, 0.3) is 11.5 Å². The molecule has 154 valence electrons. The third-order valence-electron chi connectivity index (χ3n) is 4.73. The zero-order valence-electron chi connectivity index (χ0n) is 16.1. The number of benzene rings is 2. The summed E-state index contributed by atoms with van der Waals surface area (Å²) in [6.07, 6.45) is 0.653. The van der Waals surface area contributed by atoms with Crippen LogP contribution >= 0.6 is 15.9 Å². The fourth-order valence-electron chi connectivity index (χ4n) is 3.24. The summed E-state index contributed by atoms with van der Waals surface area (Å²) in [5.41, 5.74) is 0.800. The summed E-state index contributed by atoms with van der Waals surface area (Å²) < 4.78 is 13.4. The van der Waals surface area contributed by atoms with Gasteiger partial charge in [0.05, 0.1) is 19.2 Å². The maximum Gasteiger partial charge on any atom is 0.272 e. The summed E-state index contributed by atoms with van der Waals surface area (Å²) in [5.74, 6) is 1.13. The molecule has 8 heteroatoms. The van der Waals surface area contributed by atoms with Crippen LogP contribution in [-0.2, 0) is 6.54 Å². The number of aromatic nitrogens is 2. The molecule has 4 rings (SSSR count). The molecule has 1 aromatic heterocycles. The number of carbonyl (C=O) groups excluding carboxylic acids is 1. The molecule has 3 aromatic rings. The van der Waals surface area contributed by atoms with Crippen LogP contribution in [0.1, 0.15) is 28.5 Å². The molecular weight excluding hydrogens is 450 g/mol. The van der Waals surface area contributed by atoms with E-state index in [1.54, 1.807) is 0 Å². The molecule has 1 aliphatic rings. The van der Waals surface area contributed by atoms with Crippen LogP contribution in [0, 0.1) is 0 Å². The Hall–Kier alpha value is -3.13. The Morgan fingerprint density at radius 1 is 1.20 bits per heavy atom. The standard InChI is InChI=1S/C22H20BrN3O4/c23-15-6-8-20-17(14-15)18(10-12-30-20)24-22(28)19-7-9-21(27)26(25-19)11-13-29-16-4-2-1-3-5-16/h1-9,14,18H,10-13H2,(H,24,28). The minimum absolute atomic E-state index is 0.178. The number of ether oxygens (including phenoxy) is 2. The average Bonchev–Trinajstić information content (AvgIpc) is 2.76. The van der Waals surface area contributed by atoms with Crippen molar-refractivity contribution in [1.29, 1.82) is 0 Å². The smallest absolute Gasteiger partial charge is 0.272 e. The van der Waals surface area contributed by atoms with Crippen LogP contribution in [0.3, 0.4) is 0 Å². The van der Waals surface area contributed by atoms with E-state index in [0.29, 0.717) is 18.8 Å². The van der Waals surface area contributed by atoms with Gasteiger partial charge in [-0.2, -0.15) is 5.10 Å². The van der Waals surface area contributed by atoms with E-state index in [4.69, 9.17) is 9.47 Å². The summed E-state index contributed by atoms with van der Waals surface area (Å²) in [5, 5.41) is 7.21. The van der Waals surface area contributed by atoms with Gasteiger partial charge in [0.2, 0.25) is 0 Å². The van der Waals surface area contributed by atoms with Crippen LogP contribution in [0.25, 0.3) is 0 Å². The van der Waals surface area contributed by atoms with E-state index in [-0.39, 0.29) is 36.4 Å². The lowest BCUT2D eigenvalue weighted by Gasteiger charge is -2.26. The number of nitrogens with zero attached hydrogens (tertiary/aromatic N) is 2. The highest BCUT2D eigenvalue weighted by Crippen LogP contribution is 2.34. The SMILES string of the molecule is O=C(NC1CCOc2ccc(Br)cc21)c1ccc(=O)n(CCOc2ccccc2)n1. The van der Waals surface area contributed by atoms with Crippen molar-refractivity contribution >= 4 is 21.8 Å². The highest BCUT2D eigenvalue weighted by molar-refractivity contribution is 9.10. The molecule has 0 spiro atoms. The molecule has 1 N–H and O–H groups in total. The van der Waals surface area contributed by atoms with Crippen molar-refractivity contribution in [2.45, 2.75) is 19.0 Å². The van der Waals surface area contributed by atoms with Crippen molar-refractivity contribution in [3.63, 3.8) is 0 Å². The Bertz CT molecular complexity index is 1100. The number of nitrogens with one attached hydrogen (secondary N) is 1. The molecule has 2 heterocycles. The molecule has 2 aromatic carbocycles. The van der Waals surface area contributed by atoms with Gasteiger partial charge < -0.3 is 14.8 Å². The molecule has 0 saturated heterocycles. The van der Waals surface area contributed by atoms with Crippen molar-refractivity contribution in [3.05, 3.63) is 86.7 Å². The van der Waals surface area contributed by atoms with Crippen molar-refractivity contribution < 1.29 is 14.3 Å². The molecule has 1 amide bonds. The Morgan fingerprint density at radius 2 is 2.03 bits per heavy atom. The van der Waals surface area contributed by atoms with Gasteiger partial charge in [-0.3, -0.25) is 9.59 Å². The van der Waals surface area contributed by atoms with E-state index in [1.165, 1.54) is 16.8 Å². The van der Waals surface area contributed by atoms with Crippen LogP contribution in [0.5, 0.6) is 11.5 Å². The Labute approximate surface area is 181 Å². The molecule has 30 heavy (non-hydrogen) atoms. The lowest BCUT2D eigenvalue weighted by atomic mass is 10.0.